The summed E-state index contributed by atoms with van der Waals surface area (Å²) in [5.74, 6) is 0.290. The molecule has 0 unspecified atom stereocenters. The second kappa shape index (κ2) is 5.40. The molecule has 0 radical (unpaired) electrons. The minimum atomic E-state index is -0.0750. The number of rotatable bonds is 2. The van der Waals surface area contributed by atoms with Crippen molar-refractivity contribution >= 4 is 17.9 Å². The average Bonchev–Trinajstić information content (AvgIpc) is 3.03. The maximum absolute atomic E-state index is 12.4. The summed E-state index contributed by atoms with van der Waals surface area (Å²) in [4.78, 5) is 12.4. The number of Topliss-reactive ketones (excluding diaryl/α,β-unsaturated/α-hetero) is 1. The highest BCUT2D eigenvalue weighted by atomic mass is 16.5. The topological polar surface area (TPSA) is 61.9 Å². The highest BCUT2D eigenvalue weighted by Crippen LogP contribution is 2.22. The number of hydrogen-bond donors (Lipinski definition) is 0. The van der Waals surface area contributed by atoms with Crippen molar-refractivity contribution in [1.82, 2.24) is 19.6 Å². The van der Waals surface area contributed by atoms with Crippen molar-refractivity contribution in [3.63, 3.8) is 0 Å². The van der Waals surface area contributed by atoms with Gasteiger partial charge in [-0.25, -0.2) is 0 Å². The molecule has 1 fully saturated rings. The van der Waals surface area contributed by atoms with Crippen molar-refractivity contribution in [1.29, 1.82) is 0 Å². The molecule has 6 nitrogen and oxygen atoms in total. The molecule has 6 heteroatoms. The molecule has 3 heterocycles. The van der Waals surface area contributed by atoms with Crippen LogP contribution in [0.25, 0.3) is 12.2 Å². The molecule has 0 saturated carbocycles. The van der Waals surface area contributed by atoms with Gasteiger partial charge in [0.25, 0.3) is 0 Å². The lowest BCUT2D eigenvalue weighted by Gasteiger charge is -2.17. The van der Waals surface area contributed by atoms with E-state index in [0.717, 1.165) is 16.7 Å². The number of carbonyl (C=O) groups is 1. The molecule has 1 saturated heterocycles. The Balaban J connectivity index is 1.87. The van der Waals surface area contributed by atoms with Gasteiger partial charge in [0, 0.05) is 49.6 Å². The van der Waals surface area contributed by atoms with Gasteiger partial charge in [-0.2, -0.15) is 10.2 Å². The number of allylic oxidation sites excluding steroid dienone is 1. The molecule has 0 aromatic carbocycles. The van der Waals surface area contributed by atoms with Gasteiger partial charge in [-0.3, -0.25) is 14.2 Å². The number of ketones is 1. The molecule has 1 aliphatic rings. The largest absolute Gasteiger partial charge is 0.489 e. The second-order valence-corrected chi connectivity index (χ2v) is 5.00. The Hall–Kier alpha value is -2.63. The minimum Gasteiger partial charge on any atom is -0.489 e. The van der Waals surface area contributed by atoms with E-state index in [-0.39, 0.29) is 5.78 Å². The molecular weight excluding hydrogens is 268 g/mol. The van der Waals surface area contributed by atoms with Crippen LogP contribution in [-0.2, 0) is 23.6 Å². The summed E-state index contributed by atoms with van der Waals surface area (Å²) in [6.45, 7) is 0.504. The first-order valence-corrected chi connectivity index (χ1v) is 6.69. The van der Waals surface area contributed by atoms with Crippen molar-refractivity contribution < 1.29 is 9.53 Å². The van der Waals surface area contributed by atoms with Crippen LogP contribution in [0.1, 0.15) is 17.5 Å². The van der Waals surface area contributed by atoms with E-state index in [9.17, 15) is 4.79 Å². The molecule has 21 heavy (non-hydrogen) atoms. The van der Waals surface area contributed by atoms with Crippen LogP contribution in [0.15, 0.2) is 36.1 Å². The van der Waals surface area contributed by atoms with Crippen molar-refractivity contribution in [2.24, 2.45) is 14.1 Å². The Morgan fingerprint density at radius 1 is 1.10 bits per heavy atom. The molecule has 1 aliphatic heterocycles. The highest BCUT2D eigenvalue weighted by Gasteiger charge is 2.22. The Morgan fingerprint density at radius 2 is 1.71 bits per heavy atom. The predicted molar refractivity (Wildman–Crippen MR) is 77.9 cm³/mol. The van der Waals surface area contributed by atoms with Gasteiger partial charge in [0.15, 0.2) is 5.76 Å². The van der Waals surface area contributed by atoms with Gasteiger partial charge in [0.05, 0.1) is 19.0 Å². The van der Waals surface area contributed by atoms with Crippen molar-refractivity contribution in [2.75, 3.05) is 6.61 Å². The van der Waals surface area contributed by atoms with E-state index in [2.05, 4.69) is 10.2 Å². The van der Waals surface area contributed by atoms with Crippen LogP contribution in [0.2, 0.25) is 0 Å². The lowest BCUT2D eigenvalue weighted by Crippen LogP contribution is -2.17. The van der Waals surface area contributed by atoms with Crippen LogP contribution in [0.5, 0.6) is 0 Å². The van der Waals surface area contributed by atoms with E-state index in [0.29, 0.717) is 18.8 Å². The first-order chi connectivity index (χ1) is 10.1. The maximum atomic E-state index is 12.4. The molecule has 2 aromatic rings. The van der Waals surface area contributed by atoms with E-state index >= 15 is 0 Å². The molecule has 2 aromatic heterocycles. The number of nitrogens with zero attached hydrogens (tertiary/aromatic N) is 4. The van der Waals surface area contributed by atoms with Crippen LogP contribution in [0.3, 0.4) is 0 Å². The Kier molecular flexibility index (Phi) is 3.43. The fourth-order valence-corrected chi connectivity index (χ4v) is 2.24. The smallest absolute Gasteiger partial charge is 0.223 e. The Morgan fingerprint density at radius 3 is 2.29 bits per heavy atom. The van der Waals surface area contributed by atoms with Crippen LogP contribution < -0.4 is 0 Å². The van der Waals surface area contributed by atoms with Crippen molar-refractivity contribution in [3.05, 3.63) is 47.2 Å². The predicted octanol–water partition coefficient (Wildman–Crippen LogP) is 1.57. The summed E-state index contributed by atoms with van der Waals surface area (Å²) in [6, 6.07) is 0. The van der Waals surface area contributed by atoms with E-state index in [1.807, 2.05) is 32.6 Å². The lowest BCUT2D eigenvalue weighted by molar-refractivity contribution is -0.116. The number of hydrogen-bond acceptors (Lipinski definition) is 4. The van der Waals surface area contributed by atoms with Crippen LogP contribution in [-0.4, -0.2) is 32.0 Å². The molecule has 0 N–H and O–H groups in total. The highest BCUT2D eigenvalue weighted by molar-refractivity contribution is 6.12. The average molecular weight is 284 g/mol. The summed E-state index contributed by atoms with van der Waals surface area (Å²) in [6.07, 6.45) is 11.4. The molecule has 0 amide bonds. The van der Waals surface area contributed by atoms with E-state index in [4.69, 9.17) is 4.74 Å². The quantitative estimate of drug-likeness (QED) is 0.785. The van der Waals surface area contributed by atoms with Crippen LogP contribution in [0, 0.1) is 0 Å². The van der Waals surface area contributed by atoms with Crippen molar-refractivity contribution in [2.45, 2.75) is 6.42 Å². The molecule has 0 atom stereocenters. The molecule has 0 spiro atoms. The zero-order valence-electron chi connectivity index (χ0n) is 12.0. The third-order valence-electron chi connectivity index (χ3n) is 3.23. The number of ether oxygens (including phenoxy) is 1. The molecule has 0 aliphatic carbocycles. The van der Waals surface area contributed by atoms with E-state index in [1.54, 1.807) is 27.8 Å². The Bertz CT molecular complexity index is 676. The van der Waals surface area contributed by atoms with Gasteiger partial charge in [-0.1, -0.05) is 0 Å². The molecular formula is C15H16N4O2. The van der Waals surface area contributed by atoms with E-state index in [1.165, 1.54) is 0 Å². The summed E-state index contributed by atoms with van der Waals surface area (Å²) in [5.41, 5.74) is 2.51. The Labute approximate surface area is 122 Å². The molecule has 0 bridgehead atoms. The first-order valence-electron chi connectivity index (χ1n) is 6.69. The molecule has 108 valence electrons. The lowest BCUT2D eigenvalue weighted by atomic mass is 10.0. The molecule has 3 rings (SSSR count). The van der Waals surface area contributed by atoms with Gasteiger partial charge in [-0.05, 0) is 12.2 Å². The van der Waals surface area contributed by atoms with Crippen LogP contribution in [0.4, 0.5) is 0 Å². The summed E-state index contributed by atoms with van der Waals surface area (Å²) in [7, 11) is 3.68. The van der Waals surface area contributed by atoms with Gasteiger partial charge < -0.3 is 4.74 Å². The fraction of sp³-hybridized carbons (Fsp3) is 0.267. The number of carbonyl (C=O) groups excluding carboxylic acids is 1. The maximum Gasteiger partial charge on any atom is 0.223 e. The SMILES string of the molecule is Cn1cc(/C=C2\OCC/C(=C\c3cnn(C)c3)C2=O)cn1. The first kappa shape index (κ1) is 13.4. The van der Waals surface area contributed by atoms with Crippen LogP contribution >= 0.6 is 0 Å². The number of aryl methyl sites for hydroxylation is 2. The van der Waals surface area contributed by atoms with Gasteiger partial charge >= 0.3 is 0 Å². The van der Waals surface area contributed by atoms with Crippen molar-refractivity contribution in [3.8, 4) is 0 Å². The van der Waals surface area contributed by atoms with E-state index < -0.39 is 0 Å². The number of aromatic nitrogens is 4. The third-order valence-corrected chi connectivity index (χ3v) is 3.23. The zero-order valence-corrected chi connectivity index (χ0v) is 12.0. The van der Waals surface area contributed by atoms with Gasteiger partial charge in [-0.15, -0.1) is 0 Å². The fourth-order valence-electron chi connectivity index (χ4n) is 2.24. The van der Waals surface area contributed by atoms with Gasteiger partial charge in [0.1, 0.15) is 0 Å². The third kappa shape index (κ3) is 2.94. The minimum absolute atomic E-state index is 0.0750. The summed E-state index contributed by atoms with van der Waals surface area (Å²) < 4.78 is 8.89. The normalized spacial score (nSPS) is 19.2. The zero-order chi connectivity index (χ0) is 14.8. The summed E-state index contributed by atoms with van der Waals surface area (Å²) >= 11 is 0. The van der Waals surface area contributed by atoms with Gasteiger partial charge in [0.2, 0.25) is 5.78 Å². The second-order valence-electron chi connectivity index (χ2n) is 5.00. The standard InChI is InChI=1S/C15H16N4O2/c1-18-9-11(7-16-18)5-13-3-4-21-14(15(13)20)6-12-8-17-19(2)10-12/h5-10H,3-4H2,1-2H3/b13-5+,14-6-. The summed E-state index contributed by atoms with van der Waals surface area (Å²) in [5, 5.41) is 8.18. The monoisotopic (exact) mass is 284 g/mol.